The summed E-state index contributed by atoms with van der Waals surface area (Å²) in [6.07, 6.45) is 4.51. The maximum Gasteiger partial charge on any atom is 0.251 e. The second kappa shape index (κ2) is 8.11. The first kappa shape index (κ1) is 20.6. The summed E-state index contributed by atoms with van der Waals surface area (Å²) in [5.41, 5.74) is 9.18. The highest BCUT2D eigenvalue weighted by Gasteiger charge is 2.28. The van der Waals surface area contributed by atoms with E-state index in [-0.39, 0.29) is 35.3 Å². The van der Waals surface area contributed by atoms with Crippen molar-refractivity contribution in [3.8, 4) is 0 Å². The fourth-order valence-corrected chi connectivity index (χ4v) is 4.87. The highest BCUT2D eigenvalue weighted by Crippen LogP contribution is 2.31. The molecule has 8 heteroatoms. The SMILES string of the molecule is Cl.Nc1ccc2c(c1)CCCC2NC(=O)c1cccc(S(=O)(=O)NC2CC2)c1. The van der Waals surface area contributed by atoms with E-state index < -0.39 is 10.0 Å². The third-order valence-electron chi connectivity index (χ3n) is 5.09. The van der Waals surface area contributed by atoms with Crippen molar-refractivity contribution in [1.82, 2.24) is 10.0 Å². The Morgan fingerprint density at radius 2 is 1.86 bits per heavy atom. The molecule has 1 unspecified atom stereocenters. The Labute approximate surface area is 171 Å². The largest absolute Gasteiger partial charge is 0.399 e. The lowest BCUT2D eigenvalue weighted by Crippen LogP contribution is -2.31. The molecule has 1 fully saturated rings. The van der Waals surface area contributed by atoms with Crippen molar-refractivity contribution in [3.63, 3.8) is 0 Å². The van der Waals surface area contributed by atoms with Crippen molar-refractivity contribution in [2.24, 2.45) is 0 Å². The molecule has 1 saturated carbocycles. The van der Waals surface area contributed by atoms with Crippen LogP contribution in [0, 0.1) is 0 Å². The van der Waals surface area contributed by atoms with Gasteiger partial charge in [-0.05, 0) is 73.6 Å². The van der Waals surface area contributed by atoms with Gasteiger partial charge in [0.1, 0.15) is 0 Å². The second-order valence-electron chi connectivity index (χ2n) is 7.30. The summed E-state index contributed by atoms with van der Waals surface area (Å²) < 4.78 is 27.4. The number of benzene rings is 2. The van der Waals surface area contributed by atoms with Gasteiger partial charge in [0.15, 0.2) is 0 Å². The normalized spacial score (nSPS) is 18.6. The Balaban J connectivity index is 0.00000225. The van der Waals surface area contributed by atoms with Gasteiger partial charge in [-0.25, -0.2) is 13.1 Å². The Bertz CT molecular complexity index is 990. The monoisotopic (exact) mass is 421 g/mol. The molecular weight excluding hydrogens is 398 g/mol. The standard InChI is InChI=1S/C20H23N3O3S.ClH/c21-15-7-10-18-13(11-15)3-2-6-19(18)22-20(24)14-4-1-5-17(12-14)27(25,26)23-16-8-9-16;/h1,4-5,7,10-12,16,19,23H,2-3,6,8-9,21H2,(H,22,24);1H. The lowest BCUT2D eigenvalue weighted by atomic mass is 9.87. The van der Waals surface area contributed by atoms with E-state index in [9.17, 15) is 13.2 Å². The second-order valence-corrected chi connectivity index (χ2v) is 9.01. The first-order chi connectivity index (χ1) is 12.9. The summed E-state index contributed by atoms with van der Waals surface area (Å²) in [5.74, 6) is -0.270. The number of sulfonamides is 1. The van der Waals surface area contributed by atoms with Gasteiger partial charge in [-0.15, -0.1) is 12.4 Å². The molecule has 1 atom stereocenters. The van der Waals surface area contributed by atoms with E-state index in [1.54, 1.807) is 12.1 Å². The van der Waals surface area contributed by atoms with Crippen LogP contribution in [0.2, 0.25) is 0 Å². The number of amides is 1. The minimum atomic E-state index is -3.58. The highest BCUT2D eigenvalue weighted by molar-refractivity contribution is 7.89. The summed E-state index contributed by atoms with van der Waals surface area (Å²) in [4.78, 5) is 12.9. The molecule has 0 aromatic heterocycles. The van der Waals surface area contributed by atoms with Crippen LogP contribution in [-0.2, 0) is 16.4 Å². The Morgan fingerprint density at radius 3 is 2.61 bits per heavy atom. The van der Waals surface area contributed by atoms with E-state index in [2.05, 4.69) is 10.0 Å². The number of nitrogens with one attached hydrogen (secondary N) is 2. The van der Waals surface area contributed by atoms with Crippen molar-refractivity contribution in [3.05, 3.63) is 59.2 Å². The number of aryl methyl sites for hydroxylation is 1. The van der Waals surface area contributed by atoms with Gasteiger partial charge < -0.3 is 11.1 Å². The summed E-state index contributed by atoms with van der Waals surface area (Å²) in [6, 6.07) is 11.9. The summed E-state index contributed by atoms with van der Waals surface area (Å²) in [7, 11) is -3.58. The molecule has 28 heavy (non-hydrogen) atoms. The molecule has 150 valence electrons. The molecule has 4 N–H and O–H groups in total. The highest BCUT2D eigenvalue weighted by atomic mass is 35.5. The number of carbonyl (C=O) groups excluding carboxylic acids is 1. The van der Waals surface area contributed by atoms with E-state index in [0.717, 1.165) is 48.9 Å². The van der Waals surface area contributed by atoms with Gasteiger partial charge in [0, 0.05) is 17.3 Å². The maximum absolute atomic E-state index is 12.8. The molecule has 0 spiro atoms. The number of halogens is 1. The number of nitrogen functional groups attached to an aromatic ring is 1. The van der Waals surface area contributed by atoms with E-state index in [1.165, 1.54) is 12.1 Å². The molecule has 0 saturated heterocycles. The quantitative estimate of drug-likeness (QED) is 0.646. The number of hydrogen-bond acceptors (Lipinski definition) is 4. The van der Waals surface area contributed by atoms with Crippen molar-refractivity contribution >= 4 is 34.0 Å². The molecule has 2 aliphatic carbocycles. The molecule has 0 heterocycles. The van der Waals surface area contributed by atoms with Gasteiger partial charge >= 0.3 is 0 Å². The predicted molar refractivity (Wildman–Crippen MR) is 111 cm³/mol. The van der Waals surface area contributed by atoms with Gasteiger partial charge in [0.2, 0.25) is 10.0 Å². The third-order valence-corrected chi connectivity index (χ3v) is 6.61. The first-order valence-electron chi connectivity index (χ1n) is 9.24. The summed E-state index contributed by atoms with van der Waals surface area (Å²) >= 11 is 0. The lowest BCUT2D eigenvalue weighted by Gasteiger charge is -2.26. The van der Waals surface area contributed by atoms with Crippen LogP contribution in [0.3, 0.4) is 0 Å². The van der Waals surface area contributed by atoms with Crippen LogP contribution in [0.4, 0.5) is 5.69 Å². The Morgan fingerprint density at radius 1 is 1.07 bits per heavy atom. The third kappa shape index (κ3) is 4.48. The van der Waals surface area contributed by atoms with Crippen molar-refractivity contribution in [2.75, 3.05) is 5.73 Å². The van der Waals surface area contributed by atoms with Gasteiger partial charge in [0.25, 0.3) is 5.91 Å². The number of nitrogens with two attached hydrogens (primary N) is 1. The Kier molecular flexibility index (Phi) is 5.98. The van der Waals surface area contributed by atoms with Crippen LogP contribution in [0.25, 0.3) is 0 Å². The van der Waals surface area contributed by atoms with Gasteiger partial charge in [-0.2, -0.15) is 0 Å². The van der Waals surface area contributed by atoms with E-state index in [0.29, 0.717) is 5.56 Å². The van der Waals surface area contributed by atoms with E-state index >= 15 is 0 Å². The summed E-state index contributed by atoms with van der Waals surface area (Å²) in [6.45, 7) is 0. The fraction of sp³-hybridized carbons (Fsp3) is 0.350. The van der Waals surface area contributed by atoms with Crippen LogP contribution in [-0.4, -0.2) is 20.4 Å². The molecule has 2 aromatic rings. The number of anilines is 1. The smallest absolute Gasteiger partial charge is 0.251 e. The minimum absolute atomic E-state index is 0. The maximum atomic E-state index is 12.8. The molecule has 1 amide bonds. The fourth-order valence-electron chi connectivity index (χ4n) is 3.52. The molecule has 2 aromatic carbocycles. The average Bonchev–Trinajstić information content (AvgIpc) is 3.45. The van der Waals surface area contributed by atoms with Gasteiger partial charge in [-0.1, -0.05) is 12.1 Å². The summed E-state index contributed by atoms with van der Waals surface area (Å²) in [5, 5.41) is 3.05. The number of hydrogen-bond donors (Lipinski definition) is 3. The predicted octanol–water partition coefficient (Wildman–Crippen LogP) is 2.94. The molecule has 0 radical (unpaired) electrons. The van der Waals surface area contributed by atoms with Crippen LogP contribution in [0.15, 0.2) is 47.4 Å². The van der Waals surface area contributed by atoms with Gasteiger partial charge in [-0.3, -0.25) is 4.79 Å². The zero-order valence-corrected chi connectivity index (χ0v) is 17.0. The van der Waals surface area contributed by atoms with Crippen LogP contribution < -0.4 is 15.8 Å². The van der Waals surface area contributed by atoms with E-state index in [4.69, 9.17) is 5.73 Å². The zero-order valence-electron chi connectivity index (χ0n) is 15.4. The minimum Gasteiger partial charge on any atom is -0.399 e. The lowest BCUT2D eigenvalue weighted by molar-refractivity contribution is 0.0932. The molecule has 0 bridgehead atoms. The van der Waals surface area contributed by atoms with Crippen LogP contribution >= 0.6 is 12.4 Å². The number of rotatable bonds is 5. The molecular formula is C20H24ClN3O3S. The van der Waals surface area contributed by atoms with Crippen LogP contribution in [0.5, 0.6) is 0 Å². The van der Waals surface area contributed by atoms with E-state index in [1.807, 2.05) is 18.2 Å². The van der Waals surface area contributed by atoms with Crippen molar-refractivity contribution in [2.45, 2.75) is 49.1 Å². The molecule has 6 nitrogen and oxygen atoms in total. The zero-order chi connectivity index (χ0) is 19.0. The molecule has 0 aliphatic heterocycles. The van der Waals surface area contributed by atoms with Crippen molar-refractivity contribution < 1.29 is 13.2 Å². The molecule has 4 rings (SSSR count). The van der Waals surface area contributed by atoms with Crippen LogP contribution in [0.1, 0.15) is 53.2 Å². The number of fused-ring (bicyclic) bond motifs is 1. The first-order valence-corrected chi connectivity index (χ1v) is 10.7. The van der Waals surface area contributed by atoms with Crippen molar-refractivity contribution in [1.29, 1.82) is 0 Å². The topological polar surface area (TPSA) is 101 Å². The molecule has 2 aliphatic rings. The number of carbonyl (C=O) groups is 1. The van der Waals surface area contributed by atoms with Gasteiger partial charge in [0.05, 0.1) is 10.9 Å². The average molecular weight is 422 g/mol. The Hall–Kier alpha value is -2.09.